The lowest BCUT2D eigenvalue weighted by Crippen LogP contribution is -2.24. The molecule has 4 aromatic rings. The number of aromatic nitrogens is 3. The van der Waals surface area contributed by atoms with Gasteiger partial charge in [-0.15, -0.1) is 13.2 Å². The van der Waals surface area contributed by atoms with Crippen molar-refractivity contribution in [3.05, 3.63) is 58.9 Å². The maximum atomic E-state index is 13.5. The van der Waals surface area contributed by atoms with E-state index in [1.54, 1.807) is 0 Å². The Bertz CT molecular complexity index is 1340. The van der Waals surface area contributed by atoms with E-state index in [0.717, 1.165) is 36.3 Å². The first-order valence-corrected chi connectivity index (χ1v) is 11.6. The Hall–Kier alpha value is -2.98. The Morgan fingerprint density at radius 1 is 1.06 bits per heavy atom. The number of fused-ring (bicyclic) bond motifs is 3. The number of hydrogen-bond acceptors (Lipinski definition) is 5. The van der Waals surface area contributed by atoms with E-state index in [1.807, 2.05) is 24.3 Å². The lowest BCUT2D eigenvalue weighted by atomic mass is 10.2. The zero-order valence-corrected chi connectivity index (χ0v) is 18.4. The number of thioether (sulfide) groups is 1. The highest BCUT2D eigenvalue weighted by molar-refractivity contribution is 7.99. The zero-order chi connectivity index (χ0) is 23.0. The number of alkyl halides is 3. The molecular weight excluding hydrogens is 453 g/mol. The van der Waals surface area contributed by atoms with Crippen LogP contribution in [0.1, 0.15) is 12.8 Å². The van der Waals surface area contributed by atoms with Crippen LogP contribution >= 0.6 is 11.8 Å². The van der Waals surface area contributed by atoms with E-state index in [2.05, 4.69) is 14.6 Å². The average molecular weight is 475 g/mol. The summed E-state index contributed by atoms with van der Waals surface area (Å²) in [6.07, 6.45) is -2.39. The van der Waals surface area contributed by atoms with Crippen molar-refractivity contribution in [3.63, 3.8) is 0 Å². The number of hydrogen-bond donors (Lipinski definition) is 1. The van der Waals surface area contributed by atoms with E-state index in [1.165, 1.54) is 53.4 Å². The highest BCUT2D eigenvalue weighted by Crippen LogP contribution is 2.28. The molecule has 172 valence electrons. The molecule has 0 bridgehead atoms. The van der Waals surface area contributed by atoms with Gasteiger partial charge in [0.15, 0.2) is 5.16 Å². The third kappa shape index (κ3) is 4.58. The molecule has 3 heterocycles. The minimum absolute atomic E-state index is 0.302. The number of H-pyrrole nitrogens is 1. The van der Waals surface area contributed by atoms with Gasteiger partial charge in [-0.05, 0) is 56.3 Å². The fourth-order valence-electron chi connectivity index (χ4n) is 4.14. The molecular formula is C23H21F3N4O2S. The third-order valence-electron chi connectivity index (χ3n) is 5.66. The van der Waals surface area contributed by atoms with Gasteiger partial charge in [-0.2, -0.15) is 0 Å². The monoisotopic (exact) mass is 474 g/mol. The fourth-order valence-corrected chi connectivity index (χ4v) is 5.14. The first-order valence-electron chi connectivity index (χ1n) is 10.6. The minimum atomic E-state index is -4.78. The van der Waals surface area contributed by atoms with Crippen LogP contribution in [0, 0.1) is 0 Å². The van der Waals surface area contributed by atoms with Crippen LogP contribution in [0.2, 0.25) is 0 Å². The molecule has 33 heavy (non-hydrogen) atoms. The number of likely N-dealkylation sites (tertiary alicyclic amines) is 1. The summed E-state index contributed by atoms with van der Waals surface area (Å²) in [5, 5.41) is 1.35. The van der Waals surface area contributed by atoms with Crippen molar-refractivity contribution < 1.29 is 17.9 Å². The normalized spacial score (nSPS) is 15.0. The maximum Gasteiger partial charge on any atom is 0.573 e. The van der Waals surface area contributed by atoms with E-state index < -0.39 is 6.36 Å². The summed E-state index contributed by atoms with van der Waals surface area (Å²) in [7, 11) is 0. The van der Waals surface area contributed by atoms with E-state index in [9.17, 15) is 18.0 Å². The van der Waals surface area contributed by atoms with Crippen LogP contribution in [0.15, 0.2) is 58.5 Å². The third-order valence-corrected chi connectivity index (χ3v) is 6.58. The van der Waals surface area contributed by atoms with Crippen molar-refractivity contribution in [2.24, 2.45) is 0 Å². The molecule has 1 N–H and O–H groups in total. The lowest BCUT2D eigenvalue weighted by molar-refractivity contribution is -0.274. The highest BCUT2D eigenvalue weighted by atomic mass is 32.2. The summed E-state index contributed by atoms with van der Waals surface area (Å²) < 4.78 is 43.0. The number of para-hydroxylation sites is 1. The number of nitrogens with one attached hydrogen (secondary N) is 1. The van der Waals surface area contributed by atoms with Crippen molar-refractivity contribution in [2.75, 3.05) is 25.4 Å². The summed E-state index contributed by atoms with van der Waals surface area (Å²) in [5.74, 6) is 0.400. The molecule has 1 saturated heterocycles. The summed E-state index contributed by atoms with van der Waals surface area (Å²) in [6, 6.07) is 12.8. The molecule has 0 unspecified atom stereocenters. The van der Waals surface area contributed by atoms with Gasteiger partial charge in [-0.3, -0.25) is 9.36 Å². The molecule has 2 aromatic heterocycles. The van der Waals surface area contributed by atoms with Crippen molar-refractivity contribution >= 4 is 33.7 Å². The van der Waals surface area contributed by atoms with Crippen LogP contribution in [0.4, 0.5) is 13.2 Å². The van der Waals surface area contributed by atoms with E-state index in [-0.39, 0.29) is 11.3 Å². The predicted octanol–water partition coefficient (Wildman–Crippen LogP) is 4.95. The number of rotatable bonds is 6. The van der Waals surface area contributed by atoms with Crippen LogP contribution in [0.3, 0.4) is 0 Å². The fraction of sp³-hybridized carbons (Fsp3) is 0.304. The molecule has 1 aliphatic rings. The second kappa shape index (κ2) is 8.75. The Labute approximate surface area is 191 Å². The maximum absolute atomic E-state index is 13.5. The minimum Gasteiger partial charge on any atom is -0.406 e. The Morgan fingerprint density at radius 2 is 1.79 bits per heavy atom. The topological polar surface area (TPSA) is 63.2 Å². The number of aromatic amines is 1. The van der Waals surface area contributed by atoms with E-state index in [0.29, 0.717) is 21.9 Å². The van der Waals surface area contributed by atoms with Gasteiger partial charge in [-0.25, -0.2) is 4.98 Å². The van der Waals surface area contributed by atoms with E-state index >= 15 is 0 Å². The number of nitrogens with zero attached hydrogens (tertiary/aromatic N) is 3. The molecule has 1 fully saturated rings. The Balaban J connectivity index is 1.56. The smallest absolute Gasteiger partial charge is 0.406 e. The zero-order valence-electron chi connectivity index (χ0n) is 17.6. The molecule has 0 aliphatic carbocycles. The first-order chi connectivity index (χ1) is 15.9. The standard InChI is InChI=1S/C23H21F3N4O2S/c24-23(25,26)32-16-9-7-15(8-10-16)30-21(31)20-19(17-5-1-2-6-18(17)27-20)28-22(30)33-14-13-29-11-3-4-12-29/h1-2,5-10,27H,3-4,11-14H2. The molecule has 0 saturated carbocycles. The summed E-state index contributed by atoms with van der Waals surface area (Å²) in [6.45, 7) is 3.02. The average Bonchev–Trinajstić information content (AvgIpc) is 3.42. The van der Waals surface area contributed by atoms with Gasteiger partial charge in [0.2, 0.25) is 0 Å². The summed E-state index contributed by atoms with van der Waals surface area (Å²) in [4.78, 5) is 23.8. The predicted molar refractivity (Wildman–Crippen MR) is 122 cm³/mol. The van der Waals surface area contributed by atoms with Gasteiger partial charge in [0.1, 0.15) is 16.8 Å². The van der Waals surface area contributed by atoms with Gasteiger partial charge in [0, 0.05) is 23.2 Å². The van der Waals surface area contributed by atoms with Gasteiger partial charge in [-0.1, -0.05) is 30.0 Å². The largest absolute Gasteiger partial charge is 0.573 e. The summed E-state index contributed by atoms with van der Waals surface area (Å²) >= 11 is 1.47. The molecule has 5 rings (SSSR count). The van der Waals surface area contributed by atoms with Crippen LogP contribution in [-0.4, -0.2) is 51.2 Å². The van der Waals surface area contributed by atoms with Crippen molar-refractivity contribution in [3.8, 4) is 11.4 Å². The second-order valence-corrected chi connectivity index (χ2v) is 8.93. The van der Waals surface area contributed by atoms with Gasteiger partial charge < -0.3 is 14.6 Å². The van der Waals surface area contributed by atoms with Crippen molar-refractivity contribution in [2.45, 2.75) is 24.4 Å². The molecule has 6 nitrogen and oxygen atoms in total. The SMILES string of the molecule is O=c1c2[nH]c3ccccc3c2nc(SCCN2CCCC2)n1-c1ccc(OC(F)(F)F)cc1. The van der Waals surface area contributed by atoms with Crippen LogP contribution in [0.25, 0.3) is 27.6 Å². The van der Waals surface area contributed by atoms with E-state index in [4.69, 9.17) is 4.98 Å². The highest BCUT2D eigenvalue weighted by Gasteiger charge is 2.31. The van der Waals surface area contributed by atoms with Crippen molar-refractivity contribution in [1.82, 2.24) is 19.4 Å². The van der Waals surface area contributed by atoms with Gasteiger partial charge >= 0.3 is 6.36 Å². The molecule has 0 radical (unpaired) electrons. The second-order valence-electron chi connectivity index (χ2n) is 7.87. The van der Waals surface area contributed by atoms with Crippen LogP contribution < -0.4 is 10.3 Å². The van der Waals surface area contributed by atoms with Crippen molar-refractivity contribution in [1.29, 1.82) is 0 Å². The molecule has 2 aromatic carbocycles. The van der Waals surface area contributed by atoms with Crippen LogP contribution in [0.5, 0.6) is 5.75 Å². The number of halogens is 3. The Kier molecular flexibility index (Phi) is 5.79. The summed E-state index contributed by atoms with van der Waals surface area (Å²) in [5.41, 5.74) is 1.87. The molecule has 10 heteroatoms. The first kappa shape index (κ1) is 21.8. The molecule has 1 aliphatic heterocycles. The molecule has 0 atom stereocenters. The molecule has 0 amide bonds. The quantitative estimate of drug-likeness (QED) is 0.316. The number of benzene rings is 2. The Morgan fingerprint density at radius 3 is 2.52 bits per heavy atom. The molecule has 0 spiro atoms. The van der Waals surface area contributed by atoms with Gasteiger partial charge in [0.25, 0.3) is 5.56 Å². The van der Waals surface area contributed by atoms with Gasteiger partial charge in [0.05, 0.1) is 5.69 Å². The lowest BCUT2D eigenvalue weighted by Gasteiger charge is -2.16. The van der Waals surface area contributed by atoms with Crippen LogP contribution in [-0.2, 0) is 0 Å². The number of ether oxygens (including phenoxy) is 1.